The van der Waals surface area contributed by atoms with Crippen molar-refractivity contribution in [1.29, 1.82) is 0 Å². The first-order chi connectivity index (χ1) is 18.9. The molecule has 0 radical (unpaired) electrons. The Morgan fingerprint density at radius 1 is 0.821 bits per heavy atom. The monoisotopic (exact) mass is 538 g/mol. The van der Waals surface area contributed by atoms with Crippen molar-refractivity contribution in [2.24, 2.45) is 0 Å². The first kappa shape index (κ1) is 24.5. The van der Waals surface area contributed by atoms with E-state index in [1.165, 1.54) is 29.3 Å². The van der Waals surface area contributed by atoms with Crippen molar-refractivity contribution in [3.63, 3.8) is 0 Å². The lowest BCUT2D eigenvalue weighted by atomic mass is 10.0. The smallest absolute Gasteiger partial charge is 0.339 e. The van der Waals surface area contributed by atoms with E-state index in [2.05, 4.69) is 15.3 Å². The van der Waals surface area contributed by atoms with Gasteiger partial charge in [-0.3, -0.25) is 20.1 Å². The molecule has 3 heterocycles. The summed E-state index contributed by atoms with van der Waals surface area (Å²) >= 11 is 0. The molecule has 1 fully saturated rings. The van der Waals surface area contributed by atoms with Crippen LogP contribution < -0.4 is 9.50 Å². The number of rotatable bonds is 7. The van der Waals surface area contributed by atoms with Gasteiger partial charge in [0.1, 0.15) is 16.7 Å². The largest absolute Gasteiger partial charge is 0.379 e. The van der Waals surface area contributed by atoms with Gasteiger partial charge in [-0.2, -0.15) is 8.42 Å². The summed E-state index contributed by atoms with van der Waals surface area (Å²) < 4.78 is 31.5. The van der Waals surface area contributed by atoms with Crippen molar-refractivity contribution in [2.75, 3.05) is 0 Å². The van der Waals surface area contributed by atoms with E-state index in [0.717, 1.165) is 21.9 Å². The van der Waals surface area contributed by atoms with E-state index < -0.39 is 22.2 Å². The topological polar surface area (TPSA) is 119 Å². The third-order valence-corrected chi connectivity index (χ3v) is 8.06. The zero-order chi connectivity index (χ0) is 27.0. The molecule has 0 spiro atoms. The van der Waals surface area contributed by atoms with Gasteiger partial charge >= 0.3 is 16.1 Å². The van der Waals surface area contributed by atoms with Crippen LogP contribution >= 0.6 is 0 Å². The second-order valence-electron chi connectivity index (χ2n) is 9.19. The zero-order valence-corrected chi connectivity index (χ0v) is 21.3. The van der Waals surface area contributed by atoms with Crippen LogP contribution in [0, 0.1) is 0 Å². The van der Waals surface area contributed by atoms with E-state index in [1.54, 1.807) is 48.9 Å². The van der Waals surface area contributed by atoms with Crippen LogP contribution in [0.4, 0.5) is 4.79 Å². The summed E-state index contributed by atoms with van der Waals surface area (Å²) in [6, 6.07) is 19.5. The minimum atomic E-state index is -4.10. The molecular formula is C29H22N4O5S. The Morgan fingerprint density at radius 3 is 2.23 bits per heavy atom. The number of fused-ring (bicyclic) bond motifs is 2. The third-order valence-electron chi connectivity index (χ3n) is 6.75. The van der Waals surface area contributed by atoms with E-state index in [0.29, 0.717) is 10.8 Å². The molecule has 3 amide bonds. The second kappa shape index (κ2) is 9.80. The number of imide groups is 1. The lowest BCUT2D eigenvalue weighted by Crippen LogP contribution is -2.36. The molecule has 1 aliphatic rings. The first-order valence-corrected chi connectivity index (χ1v) is 13.6. The molecular weight excluding hydrogens is 516 g/mol. The summed E-state index contributed by atoms with van der Waals surface area (Å²) in [5.41, 5.74) is 1.65. The van der Waals surface area contributed by atoms with Crippen LogP contribution in [-0.4, -0.2) is 41.3 Å². The molecule has 1 saturated heterocycles. The molecule has 39 heavy (non-hydrogen) atoms. The number of nitrogens with zero attached hydrogens (tertiary/aromatic N) is 3. The molecule has 5 aromatic rings. The molecule has 9 nitrogen and oxygen atoms in total. The van der Waals surface area contributed by atoms with Gasteiger partial charge in [-0.15, -0.1) is 0 Å². The molecule has 194 valence electrons. The fourth-order valence-corrected chi connectivity index (χ4v) is 5.98. The summed E-state index contributed by atoms with van der Waals surface area (Å²) in [7, 11) is -4.10. The van der Waals surface area contributed by atoms with Gasteiger partial charge in [0.25, 0.3) is 5.91 Å². The van der Waals surface area contributed by atoms with E-state index in [1.807, 2.05) is 24.3 Å². The molecule has 10 heteroatoms. The third kappa shape index (κ3) is 4.77. The van der Waals surface area contributed by atoms with Crippen LogP contribution in [0.5, 0.6) is 5.75 Å². The summed E-state index contributed by atoms with van der Waals surface area (Å²) in [6.07, 6.45) is 6.83. The van der Waals surface area contributed by atoms with Crippen LogP contribution in [0.3, 0.4) is 0 Å². The van der Waals surface area contributed by atoms with Crippen LogP contribution in [0.1, 0.15) is 11.1 Å². The van der Waals surface area contributed by atoms with Crippen molar-refractivity contribution in [2.45, 2.75) is 23.9 Å². The second-order valence-corrected chi connectivity index (χ2v) is 10.7. The van der Waals surface area contributed by atoms with Gasteiger partial charge in [-0.05, 0) is 46.8 Å². The maximum absolute atomic E-state index is 13.0. The normalized spacial score (nSPS) is 15.6. The van der Waals surface area contributed by atoms with E-state index in [-0.39, 0.29) is 29.5 Å². The number of urea groups is 1. The van der Waals surface area contributed by atoms with Gasteiger partial charge in [-0.1, -0.05) is 42.5 Å². The van der Waals surface area contributed by atoms with Crippen LogP contribution in [0.15, 0.2) is 102 Å². The lowest BCUT2D eigenvalue weighted by Gasteiger charge is -2.22. The van der Waals surface area contributed by atoms with Crippen molar-refractivity contribution < 1.29 is 22.2 Å². The SMILES string of the molecule is O=C1NC(=O)N(Cc2cccc3cnccc23)C1Cc1ccc(OS(=O)(=O)c2cccc3cnccc23)cc1. The lowest BCUT2D eigenvalue weighted by molar-refractivity contribution is -0.121. The molecule has 0 bridgehead atoms. The predicted octanol–water partition coefficient (Wildman–Crippen LogP) is 4.21. The molecule has 0 saturated carbocycles. The molecule has 1 atom stereocenters. The van der Waals surface area contributed by atoms with Crippen molar-refractivity contribution >= 4 is 43.6 Å². The maximum Gasteiger partial charge on any atom is 0.339 e. The molecule has 6 rings (SSSR count). The molecule has 3 aromatic carbocycles. The van der Waals surface area contributed by atoms with Gasteiger partial charge in [0.05, 0.1) is 0 Å². The average Bonchev–Trinajstić information content (AvgIpc) is 3.20. The highest BCUT2D eigenvalue weighted by Gasteiger charge is 2.38. The molecule has 1 aliphatic heterocycles. The minimum Gasteiger partial charge on any atom is -0.379 e. The van der Waals surface area contributed by atoms with Gasteiger partial charge in [-0.25, -0.2) is 4.79 Å². The zero-order valence-electron chi connectivity index (χ0n) is 20.5. The summed E-state index contributed by atoms with van der Waals surface area (Å²) in [4.78, 5) is 35.1. The highest BCUT2D eigenvalue weighted by Crippen LogP contribution is 2.27. The molecule has 1 N–H and O–H groups in total. The van der Waals surface area contributed by atoms with Crippen LogP contribution in [0.2, 0.25) is 0 Å². The van der Waals surface area contributed by atoms with Gasteiger partial charge in [0.15, 0.2) is 0 Å². The number of carbonyl (C=O) groups is 2. The number of aromatic nitrogens is 2. The fraction of sp³-hybridized carbons (Fsp3) is 0.103. The van der Waals surface area contributed by atoms with Gasteiger partial charge in [0, 0.05) is 53.9 Å². The summed E-state index contributed by atoms with van der Waals surface area (Å²) in [6.45, 7) is 0.254. The van der Waals surface area contributed by atoms with Gasteiger partial charge in [0.2, 0.25) is 0 Å². The molecule has 2 aromatic heterocycles. The average molecular weight is 539 g/mol. The number of pyridine rings is 2. The number of amides is 3. The Bertz CT molecular complexity index is 1830. The summed E-state index contributed by atoms with van der Waals surface area (Å²) in [5.74, 6) is -0.242. The van der Waals surface area contributed by atoms with Crippen LogP contribution in [0.25, 0.3) is 21.5 Å². The quantitative estimate of drug-likeness (QED) is 0.244. The van der Waals surface area contributed by atoms with Crippen molar-refractivity contribution in [1.82, 2.24) is 20.2 Å². The van der Waals surface area contributed by atoms with Crippen molar-refractivity contribution in [3.8, 4) is 5.75 Å². The van der Waals surface area contributed by atoms with E-state index in [4.69, 9.17) is 4.18 Å². The standard InChI is InChI=1S/C29H22N4O5S/c34-28-26(33(29(35)32-28)18-22-5-1-3-20-16-30-13-11-24(20)22)15-19-7-9-23(10-8-19)38-39(36,37)27-6-2-4-21-17-31-14-12-25(21)27/h1-14,16-17,26H,15,18H2,(H,32,34,35). The Hall–Kier alpha value is -4.83. The number of carbonyl (C=O) groups excluding carboxylic acids is 2. The number of benzene rings is 3. The maximum atomic E-state index is 13.0. The highest BCUT2D eigenvalue weighted by atomic mass is 32.2. The van der Waals surface area contributed by atoms with Crippen molar-refractivity contribution in [3.05, 3.63) is 109 Å². The number of hydrogen-bond donors (Lipinski definition) is 1. The Labute approximate surface area is 224 Å². The molecule has 1 unspecified atom stereocenters. The number of nitrogens with one attached hydrogen (secondary N) is 1. The van der Waals surface area contributed by atoms with E-state index in [9.17, 15) is 18.0 Å². The van der Waals surface area contributed by atoms with E-state index >= 15 is 0 Å². The van der Waals surface area contributed by atoms with Crippen LogP contribution in [-0.2, 0) is 27.9 Å². The highest BCUT2D eigenvalue weighted by molar-refractivity contribution is 7.87. The predicted molar refractivity (Wildman–Crippen MR) is 144 cm³/mol. The first-order valence-electron chi connectivity index (χ1n) is 12.2. The number of hydrogen-bond acceptors (Lipinski definition) is 7. The Kier molecular flexibility index (Phi) is 6.16. The molecule has 0 aliphatic carbocycles. The Balaban J connectivity index is 1.20. The van der Waals surface area contributed by atoms with Gasteiger partial charge < -0.3 is 9.08 Å². The minimum absolute atomic E-state index is 0.0486. The summed E-state index contributed by atoms with van der Waals surface area (Å²) in [5, 5.41) is 5.52. The Morgan fingerprint density at radius 2 is 1.49 bits per heavy atom. The fourth-order valence-electron chi connectivity index (χ4n) is 4.83.